The molecule has 0 aliphatic carbocycles. The summed E-state index contributed by atoms with van der Waals surface area (Å²) in [7, 11) is 0. The number of hydrogen-bond acceptors (Lipinski definition) is 4. The van der Waals surface area contributed by atoms with Crippen molar-refractivity contribution in [2.24, 2.45) is 0 Å². The van der Waals surface area contributed by atoms with Gasteiger partial charge in [0.15, 0.2) is 0 Å². The molecule has 0 aromatic rings. The van der Waals surface area contributed by atoms with Crippen LogP contribution in [0.1, 0.15) is 123 Å². The van der Waals surface area contributed by atoms with Gasteiger partial charge in [0.1, 0.15) is 0 Å². The molecule has 0 heterocycles. The number of ether oxygens (including phenoxy) is 2. The third kappa shape index (κ3) is 19.3. The van der Waals surface area contributed by atoms with E-state index in [1.54, 1.807) is 6.92 Å². The zero-order valence-corrected chi connectivity index (χ0v) is 17.4. The first-order valence-corrected chi connectivity index (χ1v) is 11.0. The maximum absolute atomic E-state index is 11.4. The molecule has 0 atom stereocenters. The standard InChI is InChI=1S/C22H42O4/c1-3-5-6-7-8-9-10-11-12-13-14-15-16-17-18-19-22(24)26-20-25-21(23)4-2/h3-20H2,1-2H3. The van der Waals surface area contributed by atoms with Crippen LogP contribution in [0.15, 0.2) is 0 Å². The Labute approximate surface area is 161 Å². The summed E-state index contributed by atoms with van der Waals surface area (Å²) in [5.41, 5.74) is 0. The van der Waals surface area contributed by atoms with Gasteiger partial charge in [-0.15, -0.1) is 0 Å². The average molecular weight is 371 g/mol. The Morgan fingerprint density at radius 2 is 0.923 bits per heavy atom. The molecule has 0 aliphatic heterocycles. The summed E-state index contributed by atoms with van der Waals surface area (Å²) in [5.74, 6) is -0.617. The molecule has 0 bridgehead atoms. The lowest BCUT2D eigenvalue weighted by atomic mass is 10.0. The molecule has 0 radical (unpaired) electrons. The Bertz CT molecular complexity index is 328. The summed E-state index contributed by atoms with van der Waals surface area (Å²) >= 11 is 0. The average Bonchev–Trinajstić information content (AvgIpc) is 2.64. The van der Waals surface area contributed by atoms with Crippen molar-refractivity contribution >= 4 is 11.9 Å². The molecule has 0 rings (SSSR count). The van der Waals surface area contributed by atoms with Gasteiger partial charge in [0.25, 0.3) is 0 Å². The number of unbranched alkanes of at least 4 members (excludes halogenated alkanes) is 14. The minimum absolute atomic E-state index is 0.246. The van der Waals surface area contributed by atoms with E-state index >= 15 is 0 Å². The highest BCUT2D eigenvalue weighted by molar-refractivity contribution is 5.70. The highest BCUT2D eigenvalue weighted by Gasteiger charge is 2.04. The van der Waals surface area contributed by atoms with Crippen LogP contribution >= 0.6 is 0 Å². The molecule has 0 aromatic heterocycles. The van der Waals surface area contributed by atoms with E-state index in [0.717, 1.165) is 12.8 Å². The van der Waals surface area contributed by atoms with Crippen LogP contribution < -0.4 is 0 Å². The molecule has 0 saturated heterocycles. The zero-order valence-electron chi connectivity index (χ0n) is 17.4. The van der Waals surface area contributed by atoms with E-state index in [0.29, 0.717) is 12.8 Å². The van der Waals surface area contributed by atoms with Crippen LogP contribution in [-0.2, 0) is 19.1 Å². The minimum atomic E-state index is -0.343. The number of hydrogen-bond donors (Lipinski definition) is 0. The van der Waals surface area contributed by atoms with Crippen molar-refractivity contribution < 1.29 is 19.1 Å². The normalized spacial score (nSPS) is 10.7. The topological polar surface area (TPSA) is 52.6 Å². The maximum atomic E-state index is 11.4. The molecule has 154 valence electrons. The minimum Gasteiger partial charge on any atom is -0.428 e. The van der Waals surface area contributed by atoms with E-state index in [4.69, 9.17) is 9.47 Å². The molecular weight excluding hydrogens is 328 g/mol. The van der Waals surface area contributed by atoms with Crippen LogP contribution in [0.2, 0.25) is 0 Å². The van der Waals surface area contributed by atoms with Gasteiger partial charge in [-0.25, -0.2) is 0 Å². The first-order chi connectivity index (χ1) is 12.7. The van der Waals surface area contributed by atoms with Gasteiger partial charge >= 0.3 is 11.9 Å². The third-order valence-corrected chi connectivity index (χ3v) is 4.71. The monoisotopic (exact) mass is 370 g/mol. The number of carbonyl (C=O) groups excluding carboxylic acids is 2. The second-order valence-electron chi connectivity index (χ2n) is 7.20. The fourth-order valence-corrected chi connectivity index (χ4v) is 2.98. The van der Waals surface area contributed by atoms with Crippen LogP contribution in [0.5, 0.6) is 0 Å². The summed E-state index contributed by atoms with van der Waals surface area (Å²) in [5, 5.41) is 0. The van der Waals surface area contributed by atoms with Crippen LogP contribution in [0.3, 0.4) is 0 Å². The van der Waals surface area contributed by atoms with Crippen molar-refractivity contribution in [3.63, 3.8) is 0 Å². The summed E-state index contributed by atoms with van der Waals surface area (Å²) in [6, 6.07) is 0. The predicted octanol–water partition coefficient (Wildman–Crippen LogP) is 6.70. The van der Waals surface area contributed by atoms with Gasteiger partial charge in [-0.1, -0.05) is 104 Å². The molecule has 0 aliphatic rings. The highest BCUT2D eigenvalue weighted by Crippen LogP contribution is 2.13. The van der Waals surface area contributed by atoms with Crippen molar-refractivity contribution in [3.8, 4) is 0 Å². The molecule has 26 heavy (non-hydrogen) atoms. The van der Waals surface area contributed by atoms with Gasteiger partial charge in [0, 0.05) is 12.8 Å². The van der Waals surface area contributed by atoms with E-state index < -0.39 is 0 Å². The molecule has 4 nitrogen and oxygen atoms in total. The highest BCUT2D eigenvalue weighted by atomic mass is 16.7. The Kier molecular flexibility index (Phi) is 19.4. The molecule has 0 unspecified atom stereocenters. The SMILES string of the molecule is CCCCCCCCCCCCCCCCCC(=O)OCOC(=O)CC. The Morgan fingerprint density at radius 1 is 0.538 bits per heavy atom. The van der Waals surface area contributed by atoms with Gasteiger partial charge in [0.2, 0.25) is 6.79 Å². The molecular formula is C22H42O4. The van der Waals surface area contributed by atoms with E-state index in [2.05, 4.69) is 6.92 Å². The second-order valence-corrected chi connectivity index (χ2v) is 7.20. The molecule has 0 N–H and O–H groups in total. The Balaban J connectivity index is 3.15. The number of rotatable bonds is 19. The Morgan fingerprint density at radius 3 is 1.35 bits per heavy atom. The summed E-state index contributed by atoms with van der Waals surface area (Å²) in [6.45, 7) is 3.73. The lowest BCUT2D eigenvalue weighted by Crippen LogP contribution is -2.11. The number of carbonyl (C=O) groups is 2. The smallest absolute Gasteiger partial charge is 0.308 e. The second kappa shape index (κ2) is 20.3. The molecule has 0 spiro atoms. The zero-order chi connectivity index (χ0) is 19.3. The predicted molar refractivity (Wildman–Crippen MR) is 107 cm³/mol. The van der Waals surface area contributed by atoms with E-state index in [-0.39, 0.29) is 18.7 Å². The van der Waals surface area contributed by atoms with Gasteiger partial charge in [-0.05, 0) is 6.42 Å². The van der Waals surface area contributed by atoms with E-state index in [1.807, 2.05) is 0 Å². The maximum Gasteiger partial charge on any atom is 0.308 e. The van der Waals surface area contributed by atoms with Crippen LogP contribution in [0.4, 0.5) is 0 Å². The first kappa shape index (κ1) is 24.9. The van der Waals surface area contributed by atoms with Crippen molar-refractivity contribution in [1.29, 1.82) is 0 Å². The van der Waals surface area contributed by atoms with Gasteiger partial charge in [-0.3, -0.25) is 9.59 Å². The molecule has 0 amide bonds. The van der Waals surface area contributed by atoms with Gasteiger partial charge in [-0.2, -0.15) is 0 Å². The molecule has 0 aromatic carbocycles. The summed E-state index contributed by atoms with van der Waals surface area (Å²) < 4.78 is 9.56. The quantitative estimate of drug-likeness (QED) is 0.144. The largest absolute Gasteiger partial charge is 0.428 e. The Hall–Kier alpha value is -1.06. The van der Waals surface area contributed by atoms with Crippen LogP contribution in [-0.4, -0.2) is 18.7 Å². The van der Waals surface area contributed by atoms with Crippen molar-refractivity contribution in [1.82, 2.24) is 0 Å². The summed E-state index contributed by atoms with van der Waals surface area (Å²) in [4.78, 5) is 22.3. The van der Waals surface area contributed by atoms with Crippen molar-refractivity contribution in [2.45, 2.75) is 123 Å². The molecule has 0 fully saturated rings. The summed E-state index contributed by atoms with van der Waals surface area (Å²) in [6.07, 6.45) is 20.3. The van der Waals surface area contributed by atoms with Crippen molar-refractivity contribution in [3.05, 3.63) is 0 Å². The third-order valence-electron chi connectivity index (χ3n) is 4.71. The lowest BCUT2D eigenvalue weighted by molar-refractivity contribution is -0.167. The fourth-order valence-electron chi connectivity index (χ4n) is 2.98. The van der Waals surface area contributed by atoms with E-state index in [9.17, 15) is 9.59 Å². The van der Waals surface area contributed by atoms with E-state index in [1.165, 1.54) is 83.5 Å². The lowest BCUT2D eigenvalue weighted by Gasteiger charge is -2.05. The van der Waals surface area contributed by atoms with Crippen molar-refractivity contribution in [2.75, 3.05) is 6.79 Å². The molecule has 4 heteroatoms. The van der Waals surface area contributed by atoms with Crippen LogP contribution in [0.25, 0.3) is 0 Å². The van der Waals surface area contributed by atoms with Gasteiger partial charge < -0.3 is 9.47 Å². The fraction of sp³-hybridized carbons (Fsp3) is 0.909. The molecule has 0 saturated carbocycles. The first-order valence-electron chi connectivity index (χ1n) is 11.0. The van der Waals surface area contributed by atoms with Gasteiger partial charge in [0.05, 0.1) is 0 Å². The number of esters is 2. The van der Waals surface area contributed by atoms with Crippen LogP contribution in [0, 0.1) is 0 Å².